The number of nitrogens with one attached hydrogen (secondary N) is 1. The molecule has 1 heterocycles. The summed E-state index contributed by atoms with van der Waals surface area (Å²) in [7, 11) is 0. The summed E-state index contributed by atoms with van der Waals surface area (Å²) in [6.45, 7) is 3.60. The predicted molar refractivity (Wildman–Crippen MR) is 80.9 cm³/mol. The van der Waals surface area contributed by atoms with Crippen molar-refractivity contribution in [3.63, 3.8) is 0 Å². The molecule has 1 fully saturated rings. The largest absolute Gasteiger partial charge is 0.506 e. The Morgan fingerprint density at radius 3 is 2.68 bits per heavy atom. The Morgan fingerprint density at radius 1 is 1.37 bits per heavy atom. The maximum atomic E-state index is 10.2. The average molecular weight is 389 g/mol. The number of nitriles is 1. The summed E-state index contributed by atoms with van der Waals surface area (Å²) in [4.78, 5) is 2.24. The van der Waals surface area contributed by atoms with Crippen molar-refractivity contribution in [2.75, 3.05) is 26.2 Å². The lowest BCUT2D eigenvalue weighted by Gasteiger charge is -2.34. The van der Waals surface area contributed by atoms with E-state index in [9.17, 15) is 5.11 Å². The normalized spacial score (nSPS) is 17.9. The summed E-state index contributed by atoms with van der Waals surface area (Å²) < 4.78 is 1.54. The van der Waals surface area contributed by atoms with Crippen molar-refractivity contribution in [2.24, 2.45) is 0 Å². The van der Waals surface area contributed by atoms with E-state index in [4.69, 9.17) is 5.26 Å². The van der Waals surface area contributed by atoms with E-state index < -0.39 is 0 Å². The van der Waals surface area contributed by atoms with E-state index in [0.717, 1.165) is 36.2 Å². The molecule has 0 aromatic heterocycles. The van der Waals surface area contributed by atoms with Crippen molar-refractivity contribution < 1.29 is 5.11 Å². The molecule has 0 aliphatic carbocycles. The van der Waals surface area contributed by atoms with Gasteiger partial charge >= 0.3 is 0 Å². The number of phenolic OH excluding ortho intramolecular Hbond substituents is 1. The molecule has 0 bridgehead atoms. The van der Waals surface area contributed by atoms with E-state index >= 15 is 0 Å². The molecule has 1 aliphatic rings. The Balaban J connectivity index is 2.35. The van der Waals surface area contributed by atoms with Crippen LogP contribution in [-0.4, -0.2) is 36.2 Å². The fraction of sp³-hybridized carbons (Fsp3) is 0.462. The topological polar surface area (TPSA) is 59.3 Å². The molecule has 1 aromatic rings. The zero-order valence-corrected chi connectivity index (χ0v) is 13.5. The lowest BCUT2D eigenvalue weighted by Crippen LogP contribution is -2.45. The van der Waals surface area contributed by atoms with Crippen LogP contribution < -0.4 is 5.32 Å². The van der Waals surface area contributed by atoms with Crippen molar-refractivity contribution in [3.8, 4) is 11.8 Å². The second kappa shape index (κ2) is 6.71. The lowest BCUT2D eigenvalue weighted by molar-refractivity contribution is 0.173. The van der Waals surface area contributed by atoms with E-state index in [1.54, 1.807) is 6.07 Å². The van der Waals surface area contributed by atoms with Crippen LogP contribution in [-0.2, 0) is 0 Å². The number of benzene rings is 1. The van der Waals surface area contributed by atoms with E-state index in [1.807, 2.05) is 6.07 Å². The summed E-state index contributed by atoms with van der Waals surface area (Å²) in [6.07, 6.45) is 0.371. The van der Waals surface area contributed by atoms with Crippen molar-refractivity contribution >= 4 is 31.9 Å². The fourth-order valence-electron chi connectivity index (χ4n) is 2.36. The monoisotopic (exact) mass is 387 g/mol. The second-order valence-electron chi connectivity index (χ2n) is 4.49. The number of hydrogen-bond donors (Lipinski definition) is 2. The minimum Gasteiger partial charge on any atom is -0.506 e. The maximum absolute atomic E-state index is 10.2. The van der Waals surface area contributed by atoms with Gasteiger partial charge in [-0.25, -0.2) is 0 Å². The van der Waals surface area contributed by atoms with Crippen LogP contribution >= 0.6 is 31.9 Å². The van der Waals surface area contributed by atoms with E-state index in [-0.39, 0.29) is 11.8 Å². The van der Waals surface area contributed by atoms with Crippen LogP contribution in [0.5, 0.6) is 5.75 Å². The number of hydrogen-bond acceptors (Lipinski definition) is 4. The third kappa shape index (κ3) is 3.48. The molecular formula is C13H15Br2N3O. The van der Waals surface area contributed by atoms with Crippen molar-refractivity contribution in [3.05, 3.63) is 26.6 Å². The van der Waals surface area contributed by atoms with Gasteiger partial charge in [-0.1, -0.05) is 15.9 Å². The highest BCUT2D eigenvalue weighted by molar-refractivity contribution is 9.11. The molecule has 1 aliphatic heterocycles. The highest BCUT2D eigenvalue weighted by Gasteiger charge is 2.25. The van der Waals surface area contributed by atoms with E-state index in [0.29, 0.717) is 10.9 Å². The smallest absolute Gasteiger partial charge is 0.134 e. The molecule has 2 rings (SSSR count). The molecule has 102 valence electrons. The third-order valence-electron chi connectivity index (χ3n) is 3.29. The Labute approximate surface area is 129 Å². The van der Waals surface area contributed by atoms with Crippen LogP contribution in [0.2, 0.25) is 0 Å². The Hall–Kier alpha value is -0.610. The first kappa shape index (κ1) is 14.8. The number of rotatable bonds is 3. The number of phenols is 1. The SMILES string of the molecule is N#CC[C@@H](c1cc(Br)cc(Br)c1O)N1CCNCC1. The number of aromatic hydroxyl groups is 1. The van der Waals surface area contributed by atoms with E-state index in [1.165, 1.54) is 0 Å². The molecule has 2 N–H and O–H groups in total. The Morgan fingerprint density at radius 2 is 2.05 bits per heavy atom. The van der Waals surface area contributed by atoms with Gasteiger partial charge < -0.3 is 10.4 Å². The molecule has 0 saturated carbocycles. The maximum Gasteiger partial charge on any atom is 0.134 e. The van der Waals surface area contributed by atoms with Gasteiger partial charge in [-0.15, -0.1) is 0 Å². The van der Waals surface area contributed by atoms with Gasteiger partial charge in [-0.2, -0.15) is 5.26 Å². The first-order valence-electron chi connectivity index (χ1n) is 6.13. The van der Waals surface area contributed by atoms with Gasteiger partial charge in [0.1, 0.15) is 5.75 Å². The molecule has 0 spiro atoms. The van der Waals surface area contributed by atoms with Gasteiger partial charge in [0, 0.05) is 36.2 Å². The zero-order chi connectivity index (χ0) is 13.8. The highest BCUT2D eigenvalue weighted by Crippen LogP contribution is 2.38. The summed E-state index contributed by atoms with van der Waals surface area (Å²) >= 11 is 6.78. The second-order valence-corrected chi connectivity index (χ2v) is 6.26. The van der Waals surface area contributed by atoms with Gasteiger partial charge in [-0.05, 0) is 28.1 Å². The zero-order valence-electron chi connectivity index (χ0n) is 10.4. The minimum absolute atomic E-state index is 0.0686. The molecule has 6 heteroatoms. The molecule has 0 amide bonds. The number of nitrogens with zero attached hydrogens (tertiary/aromatic N) is 2. The first-order valence-corrected chi connectivity index (χ1v) is 7.71. The van der Waals surface area contributed by atoms with Crippen molar-refractivity contribution in [2.45, 2.75) is 12.5 Å². The molecule has 1 atom stereocenters. The molecule has 4 nitrogen and oxygen atoms in total. The van der Waals surface area contributed by atoms with Crippen LogP contribution in [0.4, 0.5) is 0 Å². The molecule has 1 saturated heterocycles. The van der Waals surface area contributed by atoms with Crippen LogP contribution in [0.3, 0.4) is 0 Å². The van der Waals surface area contributed by atoms with Crippen LogP contribution in [0.1, 0.15) is 18.0 Å². The fourth-order valence-corrected chi connectivity index (χ4v) is 3.61. The minimum atomic E-state index is -0.0686. The van der Waals surface area contributed by atoms with Gasteiger partial charge in [0.2, 0.25) is 0 Å². The molecule has 0 radical (unpaired) electrons. The third-order valence-corrected chi connectivity index (χ3v) is 4.36. The summed E-state index contributed by atoms with van der Waals surface area (Å²) in [6, 6.07) is 5.86. The van der Waals surface area contributed by atoms with Gasteiger partial charge in [0.25, 0.3) is 0 Å². The lowest BCUT2D eigenvalue weighted by atomic mass is 10.0. The van der Waals surface area contributed by atoms with Gasteiger partial charge in [-0.3, -0.25) is 4.90 Å². The van der Waals surface area contributed by atoms with E-state index in [2.05, 4.69) is 48.1 Å². The standard InChI is InChI=1S/C13H15Br2N3O/c14-9-7-10(13(19)11(15)8-9)12(1-2-16)18-5-3-17-4-6-18/h7-8,12,17,19H,1,3-6H2/t12-/m0/s1. The van der Waals surface area contributed by atoms with Crippen LogP contribution in [0.15, 0.2) is 21.1 Å². The quantitative estimate of drug-likeness (QED) is 0.835. The van der Waals surface area contributed by atoms with Crippen LogP contribution in [0, 0.1) is 11.3 Å². The highest BCUT2D eigenvalue weighted by atomic mass is 79.9. The predicted octanol–water partition coefficient (Wildman–Crippen LogP) is 2.78. The summed E-state index contributed by atoms with van der Waals surface area (Å²) in [5.41, 5.74) is 0.796. The van der Waals surface area contributed by atoms with Gasteiger partial charge in [0.15, 0.2) is 0 Å². The Bertz CT molecular complexity index is 495. The van der Waals surface area contributed by atoms with Crippen LogP contribution in [0.25, 0.3) is 0 Å². The Kier molecular flexibility index (Phi) is 5.22. The molecular weight excluding hydrogens is 374 g/mol. The summed E-state index contributed by atoms with van der Waals surface area (Å²) in [5, 5.41) is 22.6. The first-order chi connectivity index (χ1) is 9.13. The number of halogens is 2. The van der Waals surface area contributed by atoms with Crippen molar-refractivity contribution in [1.82, 2.24) is 10.2 Å². The van der Waals surface area contributed by atoms with Crippen molar-refractivity contribution in [1.29, 1.82) is 5.26 Å². The number of piperazine rings is 1. The summed E-state index contributed by atoms with van der Waals surface area (Å²) in [5.74, 6) is 0.224. The molecule has 1 aromatic carbocycles. The van der Waals surface area contributed by atoms with Gasteiger partial charge in [0.05, 0.1) is 23.0 Å². The average Bonchev–Trinajstić information content (AvgIpc) is 2.41. The molecule has 19 heavy (non-hydrogen) atoms. The molecule has 0 unspecified atom stereocenters.